The second-order valence-electron chi connectivity index (χ2n) is 4.79. The molecule has 0 saturated heterocycles. The first kappa shape index (κ1) is 11.8. The van der Waals surface area contributed by atoms with Crippen molar-refractivity contribution in [3.05, 3.63) is 33.3 Å². The standard InChI is InChI=1S/C11H14N4OS/c1-11(2,3)15-9(13-14-10(15)17)7-5-4-6-8(16)12-7/h4-6H,1-3H3,(H,12,16)(H,14,17). The molecule has 0 aromatic carbocycles. The van der Waals surface area contributed by atoms with Crippen LogP contribution in [-0.2, 0) is 5.54 Å². The lowest BCUT2D eigenvalue weighted by Crippen LogP contribution is -2.23. The summed E-state index contributed by atoms with van der Waals surface area (Å²) in [5, 5.41) is 6.92. The van der Waals surface area contributed by atoms with Crippen molar-refractivity contribution < 1.29 is 0 Å². The highest BCUT2D eigenvalue weighted by Crippen LogP contribution is 2.22. The molecular weight excluding hydrogens is 236 g/mol. The zero-order chi connectivity index (χ0) is 12.6. The highest BCUT2D eigenvalue weighted by molar-refractivity contribution is 7.71. The van der Waals surface area contributed by atoms with Crippen LogP contribution in [0.25, 0.3) is 11.5 Å². The summed E-state index contributed by atoms with van der Waals surface area (Å²) in [6, 6.07) is 4.96. The van der Waals surface area contributed by atoms with Gasteiger partial charge in [0.1, 0.15) is 0 Å². The summed E-state index contributed by atoms with van der Waals surface area (Å²) >= 11 is 5.21. The van der Waals surface area contributed by atoms with Crippen LogP contribution < -0.4 is 5.56 Å². The highest BCUT2D eigenvalue weighted by atomic mass is 32.1. The van der Waals surface area contributed by atoms with Crippen LogP contribution in [0.3, 0.4) is 0 Å². The summed E-state index contributed by atoms with van der Waals surface area (Å²) in [5.74, 6) is 0.639. The van der Waals surface area contributed by atoms with E-state index in [4.69, 9.17) is 12.2 Å². The molecule has 6 heteroatoms. The molecule has 2 N–H and O–H groups in total. The summed E-state index contributed by atoms with van der Waals surface area (Å²) < 4.78 is 2.42. The Balaban J connectivity index is 2.70. The Hall–Kier alpha value is -1.69. The second-order valence-corrected chi connectivity index (χ2v) is 5.17. The summed E-state index contributed by atoms with van der Waals surface area (Å²) in [4.78, 5) is 14.0. The molecule has 17 heavy (non-hydrogen) atoms. The van der Waals surface area contributed by atoms with Crippen LogP contribution in [0.5, 0.6) is 0 Å². The topological polar surface area (TPSA) is 66.5 Å². The third-order valence-electron chi connectivity index (χ3n) is 2.35. The summed E-state index contributed by atoms with van der Waals surface area (Å²) in [6.45, 7) is 6.09. The average Bonchev–Trinajstić information content (AvgIpc) is 2.59. The van der Waals surface area contributed by atoms with Gasteiger partial charge in [0.25, 0.3) is 0 Å². The normalized spacial score (nSPS) is 11.7. The summed E-state index contributed by atoms with van der Waals surface area (Å²) in [7, 11) is 0. The molecule has 0 aliphatic heterocycles. The predicted molar refractivity (Wildman–Crippen MR) is 68.5 cm³/mol. The van der Waals surface area contributed by atoms with Crippen molar-refractivity contribution in [2.75, 3.05) is 0 Å². The first-order valence-electron chi connectivity index (χ1n) is 5.27. The maximum absolute atomic E-state index is 11.3. The molecule has 2 aromatic rings. The lowest BCUT2D eigenvalue weighted by atomic mass is 10.1. The van der Waals surface area contributed by atoms with Crippen molar-refractivity contribution >= 4 is 12.2 Å². The van der Waals surface area contributed by atoms with Gasteiger partial charge in [-0.3, -0.25) is 14.5 Å². The largest absolute Gasteiger partial charge is 0.319 e. The number of nitrogens with one attached hydrogen (secondary N) is 2. The lowest BCUT2D eigenvalue weighted by molar-refractivity contribution is 0.395. The molecule has 0 saturated carbocycles. The minimum atomic E-state index is -0.202. The van der Waals surface area contributed by atoms with Crippen LogP contribution in [0.4, 0.5) is 0 Å². The van der Waals surface area contributed by atoms with E-state index in [0.29, 0.717) is 16.3 Å². The van der Waals surface area contributed by atoms with E-state index in [1.165, 1.54) is 6.07 Å². The minimum absolute atomic E-state index is 0.156. The molecule has 0 amide bonds. The van der Waals surface area contributed by atoms with E-state index in [0.717, 1.165) is 0 Å². The fourth-order valence-electron chi connectivity index (χ4n) is 1.68. The van der Waals surface area contributed by atoms with E-state index >= 15 is 0 Å². The van der Waals surface area contributed by atoms with Crippen LogP contribution in [0, 0.1) is 4.77 Å². The molecule has 2 heterocycles. The van der Waals surface area contributed by atoms with Crippen molar-refractivity contribution in [1.29, 1.82) is 0 Å². The maximum Gasteiger partial charge on any atom is 0.248 e. The van der Waals surface area contributed by atoms with Crippen molar-refractivity contribution in [2.24, 2.45) is 0 Å². The van der Waals surface area contributed by atoms with Gasteiger partial charge in [0, 0.05) is 11.6 Å². The Bertz CT molecular complexity index is 644. The number of pyridine rings is 1. The predicted octanol–water partition coefficient (Wildman–Crippen LogP) is 2.05. The van der Waals surface area contributed by atoms with Gasteiger partial charge in [-0.2, -0.15) is 5.10 Å². The molecule has 0 radical (unpaired) electrons. The van der Waals surface area contributed by atoms with Gasteiger partial charge in [0.05, 0.1) is 5.69 Å². The Labute approximate surface area is 104 Å². The zero-order valence-corrected chi connectivity index (χ0v) is 10.8. The van der Waals surface area contributed by atoms with Crippen LogP contribution in [0.2, 0.25) is 0 Å². The van der Waals surface area contributed by atoms with Crippen LogP contribution >= 0.6 is 12.2 Å². The molecule has 0 unspecified atom stereocenters. The number of nitrogens with zero attached hydrogens (tertiary/aromatic N) is 2. The van der Waals surface area contributed by atoms with E-state index in [1.807, 2.05) is 25.3 Å². The van der Waals surface area contributed by atoms with Gasteiger partial charge in [0.2, 0.25) is 5.56 Å². The third-order valence-corrected chi connectivity index (χ3v) is 2.63. The molecule has 90 valence electrons. The van der Waals surface area contributed by atoms with E-state index in [-0.39, 0.29) is 11.1 Å². The van der Waals surface area contributed by atoms with Gasteiger partial charge in [-0.1, -0.05) is 6.07 Å². The summed E-state index contributed by atoms with van der Waals surface area (Å²) in [6.07, 6.45) is 0. The average molecular weight is 250 g/mol. The molecule has 2 rings (SSSR count). The molecular formula is C11H14N4OS. The molecule has 0 atom stereocenters. The van der Waals surface area contributed by atoms with E-state index < -0.39 is 0 Å². The highest BCUT2D eigenvalue weighted by Gasteiger charge is 2.20. The van der Waals surface area contributed by atoms with Crippen molar-refractivity contribution in [2.45, 2.75) is 26.3 Å². The number of H-pyrrole nitrogens is 2. The van der Waals surface area contributed by atoms with Crippen LogP contribution in [-0.4, -0.2) is 19.7 Å². The number of aromatic nitrogens is 4. The van der Waals surface area contributed by atoms with E-state index in [9.17, 15) is 4.79 Å². The Kier molecular flexibility index (Phi) is 2.74. The molecule has 0 fully saturated rings. The fourth-order valence-corrected chi connectivity index (χ4v) is 2.08. The SMILES string of the molecule is CC(C)(C)n1c(-c2cccc(=O)[nH]2)n[nH]c1=S. The zero-order valence-electron chi connectivity index (χ0n) is 9.94. The van der Waals surface area contributed by atoms with Gasteiger partial charge in [0.15, 0.2) is 10.6 Å². The summed E-state index contributed by atoms with van der Waals surface area (Å²) in [5.41, 5.74) is 0.295. The molecule has 0 aliphatic rings. The molecule has 0 spiro atoms. The van der Waals surface area contributed by atoms with Gasteiger partial charge < -0.3 is 4.98 Å². The molecule has 5 nitrogen and oxygen atoms in total. The Morgan fingerprint density at radius 1 is 1.35 bits per heavy atom. The molecule has 0 aliphatic carbocycles. The number of rotatable bonds is 1. The van der Waals surface area contributed by atoms with Crippen molar-refractivity contribution in [3.63, 3.8) is 0 Å². The monoisotopic (exact) mass is 250 g/mol. The maximum atomic E-state index is 11.3. The second kappa shape index (κ2) is 3.96. The minimum Gasteiger partial charge on any atom is -0.319 e. The first-order chi connectivity index (χ1) is 7.89. The quantitative estimate of drug-likeness (QED) is 0.761. The van der Waals surface area contributed by atoms with Gasteiger partial charge in [-0.15, -0.1) is 0 Å². The van der Waals surface area contributed by atoms with Crippen molar-refractivity contribution in [3.8, 4) is 11.5 Å². The van der Waals surface area contributed by atoms with Crippen LogP contribution in [0.15, 0.2) is 23.0 Å². The number of aromatic amines is 2. The number of hydrogen-bond acceptors (Lipinski definition) is 3. The Morgan fingerprint density at radius 2 is 2.06 bits per heavy atom. The van der Waals surface area contributed by atoms with Gasteiger partial charge in [-0.25, -0.2) is 0 Å². The fraction of sp³-hybridized carbons (Fsp3) is 0.364. The van der Waals surface area contributed by atoms with Crippen LogP contribution in [0.1, 0.15) is 20.8 Å². The van der Waals surface area contributed by atoms with E-state index in [1.54, 1.807) is 12.1 Å². The molecule has 0 bridgehead atoms. The molecule has 2 aromatic heterocycles. The van der Waals surface area contributed by atoms with Gasteiger partial charge >= 0.3 is 0 Å². The first-order valence-corrected chi connectivity index (χ1v) is 5.68. The lowest BCUT2D eigenvalue weighted by Gasteiger charge is -2.22. The third kappa shape index (κ3) is 2.21. The van der Waals surface area contributed by atoms with Gasteiger partial charge in [-0.05, 0) is 39.1 Å². The van der Waals surface area contributed by atoms with Crippen molar-refractivity contribution in [1.82, 2.24) is 19.7 Å². The Morgan fingerprint density at radius 3 is 2.65 bits per heavy atom. The van der Waals surface area contributed by atoms with E-state index in [2.05, 4.69) is 15.2 Å². The number of hydrogen-bond donors (Lipinski definition) is 2. The smallest absolute Gasteiger partial charge is 0.248 e.